The van der Waals surface area contributed by atoms with Crippen molar-refractivity contribution in [1.82, 2.24) is 0 Å². The summed E-state index contributed by atoms with van der Waals surface area (Å²) in [5, 5.41) is 9.72. The van der Waals surface area contributed by atoms with Crippen molar-refractivity contribution in [3.63, 3.8) is 0 Å². The highest BCUT2D eigenvalue weighted by Gasteiger charge is 2.30. The zero-order chi connectivity index (χ0) is 14.6. The minimum atomic E-state index is -4.26. The van der Waals surface area contributed by atoms with E-state index in [0.29, 0.717) is 24.2 Å². The molecule has 0 amide bonds. The summed E-state index contributed by atoms with van der Waals surface area (Å²) in [7, 11) is 0. The maximum atomic E-state index is 12.5. The Labute approximate surface area is 115 Å². The van der Waals surface area contributed by atoms with E-state index in [2.05, 4.69) is 0 Å². The summed E-state index contributed by atoms with van der Waals surface area (Å²) in [6.45, 7) is 2.66. The van der Waals surface area contributed by atoms with Crippen LogP contribution in [-0.2, 0) is 0 Å². The molecule has 6 heteroatoms. The van der Waals surface area contributed by atoms with Gasteiger partial charge in [-0.05, 0) is 31.0 Å². The minimum absolute atomic E-state index is 0.274. The van der Waals surface area contributed by atoms with Crippen molar-refractivity contribution in [3.8, 4) is 0 Å². The number of rotatable bonds is 5. The zero-order valence-electron chi connectivity index (χ0n) is 10.8. The van der Waals surface area contributed by atoms with Crippen molar-refractivity contribution < 1.29 is 18.3 Å². The lowest BCUT2D eigenvalue weighted by Crippen LogP contribution is -2.34. The Bertz CT molecular complexity index is 421. The molecule has 0 aromatic heterocycles. The Morgan fingerprint density at radius 2 is 2.00 bits per heavy atom. The van der Waals surface area contributed by atoms with Gasteiger partial charge in [0.05, 0.1) is 6.10 Å². The minimum Gasteiger partial charge on any atom is -0.389 e. The molecule has 1 rings (SSSR count). The molecule has 0 radical (unpaired) electrons. The molecule has 0 aliphatic carbocycles. The van der Waals surface area contributed by atoms with E-state index in [0.717, 1.165) is 0 Å². The summed E-state index contributed by atoms with van der Waals surface area (Å²) in [5.41, 5.74) is 0.919. The van der Waals surface area contributed by atoms with Crippen LogP contribution < -0.4 is 4.90 Å². The van der Waals surface area contributed by atoms with E-state index in [-0.39, 0.29) is 5.02 Å². The van der Waals surface area contributed by atoms with Crippen molar-refractivity contribution in [2.45, 2.75) is 32.5 Å². The SMILES string of the molecule is CCCN(CC(F)(F)F)c1ccc(C(C)O)c(Cl)c1. The topological polar surface area (TPSA) is 23.5 Å². The molecule has 1 aromatic carbocycles. The van der Waals surface area contributed by atoms with Gasteiger partial charge in [0.2, 0.25) is 0 Å². The molecule has 1 aromatic rings. The summed E-state index contributed by atoms with van der Waals surface area (Å²) in [4.78, 5) is 1.23. The second kappa shape index (κ2) is 6.48. The van der Waals surface area contributed by atoms with Gasteiger partial charge in [0.15, 0.2) is 0 Å². The van der Waals surface area contributed by atoms with E-state index >= 15 is 0 Å². The van der Waals surface area contributed by atoms with E-state index in [4.69, 9.17) is 11.6 Å². The van der Waals surface area contributed by atoms with Crippen LogP contribution in [0.4, 0.5) is 18.9 Å². The fourth-order valence-electron chi connectivity index (χ4n) is 1.84. The van der Waals surface area contributed by atoms with Gasteiger partial charge in [-0.1, -0.05) is 24.6 Å². The molecular formula is C13H17ClF3NO. The molecule has 2 nitrogen and oxygen atoms in total. The standard InChI is InChI=1S/C13H17ClF3NO/c1-3-6-18(8-13(15,16)17)10-4-5-11(9(2)19)12(14)7-10/h4-5,7,9,19H,3,6,8H2,1-2H3. The lowest BCUT2D eigenvalue weighted by atomic mass is 10.1. The van der Waals surface area contributed by atoms with Crippen LogP contribution in [0.5, 0.6) is 0 Å². The molecule has 1 N–H and O–H groups in total. The first-order chi connectivity index (χ1) is 8.74. The average molecular weight is 296 g/mol. The number of aliphatic hydroxyl groups excluding tert-OH is 1. The third-order valence-corrected chi connectivity index (χ3v) is 2.99. The van der Waals surface area contributed by atoms with Crippen LogP contribution in [0.15, 0.2) is 18.2 Å². The van der Waals surface area contributed by atoms with Crippen LogP contribution >= 0.6 is 11.6 Å². The lowest BCUT2D eigenvalue weighted by molar-refractivity contribution is -0.119. The first-order valence-electron chi connectivity index (χ1n) is 6.03. The van der Waals surface area contributed by atoms with Gasteiger partial charge in [0.25, 0.3) is 0 Å². The Morgan fingerprint density at radius 3 is 2.42 bits per heavy atom. The highest BCUT2D eigenvalue weighted by Crippen LogP contribution is 2.29. The fourth-order valence-corrected chi connectivity index (χ4v) is 2.17. The van der Waals surface area contributed by atoms with Gasteiger partial charge in [-0.15, -0.1) is 0 Å². The van der Waals surface area contributed by atoms with Gasteiger partial charge in [-0.25, -0.2) is 0 Å². The monoisotopic (exact) mass is 295 g/mol. The Balaban J connectivity index is 3.00. The predicted octanol–water partition coefficient (Wildman–Crippen LogP) is 4.17. The van der Waals surface area contributed by atoms with E-state index in [9.17, 15) is 18.3 Å². The first kappa shape index (κ1) is 16.1. The zero-order valence-corrected chi connectivity index (χ0v) is 11.6. The molecule has 0 aliphatic heterocycles. The predicted molar refractivity (Wildman–Crippen MR) is 70.6 cm³/mol. The summed E-state index contributed by atoms with van der Waals surface area (Å²) < 4.78 is 37.5. The average Bonchev–Trinajstić information content (AvgIpc) is 2.26. The normalized spacial score (nSPS) is 13.4. The van der Waals surface area contributed by atoms with Crippen LogP contribution in [0.3, 0.4) is 0 Å². The van der Waals surface area contributed by atoms with Crippen molar-refractivity contribution in [1.29, 1.82) is 0 Å². The molecule has 0 saturated carbocycles. The smallest absolute Gasteiger partial charge is 0.389 e. The van der Waals surface area contributed by atoms with E-state index in [1.165, 1.54) is 11.0 Å². The fraction of sp³-hybridized carbons (Fsp3) is 0.538. The van der Waals surface area contributed by atoms with Gasteiger partial charge >= 0.3 is 6.18 Å². The molecule has 0 aliphatic rings. The van der Waals surface area contributed by atoms with Gasteiger partial charge in [-0.3, -0.25) is 0 Å². The van der Waals surface area contributed by atoms with Crippen molar-refractivity contribution >= 4 is 17.3 Å². The first-order valence-corrected chi connectivity index (χ1v) is 6.41. The number of anilines is 1. The summed E-state index contributed by atoms with van der Waals surface area (Å²) in [5.74, 6) is 0. The van der Waals surface area contributed by atoms with Crippen molar-refractivity contribution in [3.05, 3.63) is 28.8 Å². The Kier molecular flexibility index (Phi) is 5.50. The second-order valence-electron chi connectivity index (χ2n) is 4.42. The highest BCUT2D eigenvalue weighted by atomic mass is 35.5. The maximum Gasteiger partial charge on any atom is 0.405 e. The van der Waals surface area contributed by atoms with E-state index in [1.807, 2.05) is 6.92 Å². The third kappa shape index (κ3) is 4.91. The van der Waals surface area contributed by atoms with Gasteiger partial charge in [-0.2, -0.15) is 13.2 Å². The summed E-state index contributed by atoms with van der Waals surface area (Å²) >= 11 is 5.97. The largest absolute Gasteiger partial charge is 0.405 e. The third-order valence-electron chi connectivity index (χ3n) is 2.66. The molecule has 108 valence electrons. The quantitative estimate of drug-likeness (QED) is 0.881. The number of alkyl halides is 3. The van der Waals surface area contributed by atoms with Gasteiger partial charge in [0.1, 0.15) is 6.54 Å². The van der Waals surface area contributed by atoms with Crippen LogP contribution in [0, 0.1) is 0 Å². The molecule has 1 unspecified atom stereocenters. The number of benzene rings is 1. The van der Waals surface area contributed by atoms with Gasteiger partial charge < -0.3 is 10.0 Å². The van der Waals surface area contributed by atoms with Crippen molar-refractivity contribution in [2.24, 2.45) is 0 Å². The van der Waals surface area contributed by atoms with Crippen LogP contribution in [0.2, 0.25) is 5.02 Å². The Hall–Kier alpha value is -0.940. The Morgan fingerprint density at radius 1 is 1.37 bits per heavy atom. The van der Waals surface area contributed by atoms with E-state index in [1.54, 1.807) is 19.1 Å². The van der Waals surface area contributed by atoms with Gasteiger partial charge in [0, 0.05) is 17.3 Å². The highest BCUT2D eigenvalue weighted by molar-refractivity contribution is 6.31. The van der Waals surface area contributed by atoms with Crippen molar-refractivity contribution in [2.75, 3.05) is 18.0 Å². The number of nitrogens with zero attached hydrogens (tertiary/aromatic N) is 1. The summed E-state index contributed by atoms with van der Waals surface area (Å²) in [6.07, 6.45) is -4.40. The molecule has 0 saturated heterocycles. The second-order valence-corrected chi connectivity index (χ2v) is 4.83. The number of hydrogen-bond acceptors (Lipinski definition) is 2. The lowest BCUT2D eigenvalue weighted by Gasteiger charge is -2.26. The summed E-state index contributed by atoms with van der Waals surface area (Å²) in [6, 6.07) is 4.57. The number of hydrogen-bond donors (Lipinski definition) is 1. The van der Waals surface area contributed by atoms with E-state index < -0.39 is 18.8 Å². The van der Waals surface area contributed by atoms with Crippen LogP contribution in [0.1, 0.15) is 31.9 Å². The molecule has 0 spiro atoms. The molecule has 0 bridgehead atoms. The van der Waals surface area contributed by atoms with Crippen LogP contribution in [0.25, 0.3) is 0 Å². The number of aliphatic hydroxyl groups is 1. The number of halogens is 4. The molecule has 19 heavy (non-hydrogen) atoms. The van der Waals surface area contributed by atoms with Crippen LogP contribution in [-0.4, -0.2) is 24.4 Å². The maximum absolute atomic E-state index is 12.5. The molecular weight excluding hydrogens is 279 g/mol. The molecule has 1 atom stereocenters. The molecule has 0 heterocycles. The molecule has 0 fully saturated rings.